The van der Waals surface area contributed by atoms with Crippen LogP contribution < -0.4 is 10.2 Å². The van der Waals surface area contributed by atoms with Gasteiger partial charge in [-0.25, -0.2) is 0 Å². The summed E-state index contributed by atoms with van der Waals surface area (Å²) in [6.45, 7) is 1.28. The first-order valence-corrected chi connectivity index (χ1v) is 6.88. The van der Waals surface area contributed by atoms with Gasteiger partial charge in [-0.3, -0.25) is 0 Å². The number of fused-ring (bicyclic) bond motifs is 3. The minimum Gasteiger partial charge on any atom is -0.394 e. The first kappa shape index (κ1) is 11.5. The molecule has 0 amide bonds. The van der Waals surface area contributed by atoms with Crippen molar-refractivity contribution < 1.29 is 5.11 Å². The SMILES string of the molecule is CN1c2ccc(Br)cc2[C@H]2NCC[C@H]2[C@H]1CO. The Labute approximate surface area is 110 Å². The van der Waals surface area contributed by atoms with Gasteiger partial charge in [0.25, 0.3) is 0 Å². The molecule has 4 heteroatoms. The minimum atomic E-state index is 0.231. The van der Waals surface area contributed by atoms with Crippen LogP contribution in [0.5, 0.6) is 0 Å². The molecule has 2 aliphatic rings. The Morgan fingerprint density at radius 3 is 3.12 bits per heavy atom. The number of aliphatic hydroxyl groups excluding tert-OH is 1. The van der Waals surface area contributed by atoms with E-state index in [1.54, 1.807) is 0 Å². The second-order valence-electron chi connectivity index (χ2n) is 4.95. The number of likely N-dealkylation sites (N-methyl/N-ethyl adjacent to an activating group) is 1. The van der Waals surface area contributed by atoms with Gasteiger partial charge in [0, 0.05) is 29.2 Å². The van der Waals surface area contributed by atoms with E-state index >= 15 is 0 Å². The molecule has 0 radical (unpaired) electrons. The maximum absolute atomic E-state index is 9.61. The fourth-order valence-corrected chi connectivity index (χ4v) is 3.68. The summed E-state index contributed by atoms with van der Waals surface area (Å²) in [6.07, 6.45) is 1.15. The normalized spacial score (nSPS) is 31.2. The van der Waals surface area contributed by atoms with E-state index in [1.165, 1.54) is 11.3 Å². The molecule has 0 unspecified atom stereocenters. The molecule has 3 atom stereocenters. The van der Waals surface area contributed by atoms with Crippen LogP contribution in [-0.2, 0) is 0 Å². The molecule has 17 heavy (non-hydrogen) atoms. The predicted octanol–water partition coefficient (Wildman–Crippen LogP) is 1.91. The maximum Gasteiger partial charge on any atom is 0.0638 e. The van der Waals surface area contributed by atoms with E-state index < -0.39 is 0 Å². The largest absolute Gasteiger partial charge is 0.394 e. The Morgan fingerprint density at radius 1 is 1.53 bits per heavy atom. The van der Waals surface area contributed by atoms with Crippen LogP contribution in [-0.4, -0.2) is 31.3 Å². The van der Waals surface area contributed by atoms with Crippen LogP contribution in [0.3, 0.4) is 0 Å². The molecule has 1 fully saturated rings. The van der Waals surface area contributed by atoms with Gasteiger partial charge in [0.2, 0.25) is 0 Å². The van der Waals surface area contributed by atoms with E-state index in [0.29, 0.717) is 12.0 Å². The van der Waals surface area contributed by atoms with Gasteiger partial charge in [0.05, 0.1) is 12.6 Å². The number of benzene rings is 1. The Bertz CT molecular complexity index is 437. The van der Waals surface area contributed by atoms with Crippen molar-refractivity contribution in [2.45, 2.75) is 18.5 Å². The van der Waals surface area contributed by atoms with Gasteiger partial charge in [-0.2, -0.15) is 0 Å². The number of aliphatic hydroxyl groups is 1. The lowest BCUT2D eigenvalue weighted by Crippen LogP contribution is -2.47. The summed E-state index contributed by atoms with van der Waals surface area (Å²) in [5.41, 5.74) is 2.59. The molecule has 0 aliphatic carbocycles. The maximum atomic E-state index is 9.61. The summed E-state index contributed by atoms with van der Waals surface area (Å²) in [5, 5.41) is 13.2. The Morgan fingerprint density at radius 2 is 2.35 bits per heavy atom. The fraction of sp³-hybridized carbons (Fsp3) is 0.538. The highest BCUT2D eigenvalue weighted by molar-refractivity contribution is 9.10. The summed E-state index contributed by atoms with van der Waals surface area (Å²) in [7, 11) is 2.09. The summed E-state index contributed by atoms with van der Waals surface area (Å²) < 4.78 is 1.12. The van der Waals surface area contributed by atoms with Crippen LogP contribution in [0, 0.1) is 5.92 Å². The summed E-state index contributed by atoms with van der Waals surface area (Å²) >= 11 is 3.54. The highest BCUT2D eigenvalue weighted by Crippen LogP contribution is 2.44. The quantitative estimate of drug-likeness (QED) is 0.831. The van der Waals surface area contributed by atoms with Gasteiger partial charge in [-0.15, -0.1) is 0 Å². The van der Waals surface area contributed by atoms with Crippen molar-refractivity contribution in [1.82, 2.24) is 5.32 Å². The smallest absolute Gasteiger partial charge is 0.0638 e. The number of nitrogens with zero attached hydrogens (tertiary/aromatic N) is 1. The van der Waals surface area contributed by atoms with Crippen molar-refractivity contribution in [1.29, 1.82) is 0 Å². The van der Waals surface area contributed by atoms with E-state index in [-0.39, 0.29) is 12.6 Å². The monoisotopic (exact) mass is 296 g/mol. The molecule has 1 aromatic carbocycles. The zero-order valence-corrected chi connectivity index (χ0v) is 11.4. The lowest BCUT2D eigenvalue weighted by Gasteiger charge is -2.42. The zero-order chi connectivity index (χ0) is 12.0. The topological polar surface area (TPSA) is 35.5 Å². The number of nitrogens with one attached hydrogen (secondary N) is 1. The average molecular weight is 297 g/mol. The summed E-state index contributed by atoms with van der Waals surface area (Å²) in [4.78, 5) is 2.23. The van der Waals surface area contributed by atoms with E-state index in [9.17, 15) is 5.11 Å². The van der Waals surface area contributed by atoms with Crippen molar-refractivity contribution in [2.75, 3.05) is 25.1 Å². The number of hydrogen-bond donors (Lipinski definition) is 2. The van der Waals surface area contributed by atoms with Gasteiger partial charge in [0.1, 0.15) is 0 Å². The number of anilines is 1. The Kier molecular flexibility index (Phi) is 2.89. The van der Waals surface area contributed by atoms with E-state index in [2.05, 4.69) is 51.4 Å². The lowest BCUT2D eigenvalue weighted by atomic mass is 9.82. The molecule has 2 heterocycles. The molecule has 92 valence electrons. The molecule has 3 rings (SSSR count). The third-order valence-corrected chi connectivity index (χ3v) is 4.65. The first-order chi connectivity index (χ1) is 8.22. The van der Waals surface area contributed by atoms with Crippen molar-refractivity contribution in [3.63, 3.8) is 0 Å². The zero-order valence-electron chi connectivity index (χ0n) is 9.86. The van der Waals surface area contributed by atoms with E-state index in [4.69, 9.17) is 0 Å². The standard InChI is InChI=1S/C13H17BrN2O/c1-16-11-3-2-8(14)6-10(11)13-9(4-5-15-13)12(16)7-17/h2-3,6,9,12-13,15,17H,4-5,7H2,1H3/t9-,12+,13-/m0/s1. The van der Waals surface area contributed by atoms with Gasteiger partial charge in [-0.05, 0) is 36.7 Å². The molecular weight excluding hydrogens is 280 g/mol. The highest BCUT2D eigenvalue weighted by Gasteiger charge is 2.41. The van der Waals surface area contributed by atoms with Crippen LogP contribution >= 0.6 is 15.9 Å². The Hall–Kier alpha value is -0.580. The van der Waals surface area contributed by atoms with Crippen LogP contribution in [0.15, 0.2) is 22.7 Å². The van der Waals surface area contributed by atoms with Gasteiger partial charge in [-0.1, -0.05) is 15.9 Å². The molecule has 0 saturated carbocycles. The summed E-state index contributed by atoms with van der Waals surface area (Å²) in [6, 6.07) is 7.05. The van der Waals surface area contributed by atoms with Gasteiger partial charge in [0.15, 0.2) is 0 Å². The number of halogens is 1. The average Bonchev–Trinajstić information content (AvgIpc) is 2.78. The molecule has 0 aromatic heterocycles. The fourth-order valence-electron chi connectivity index (χ4n) is 3.30. The van der Waals surface area contributed by atoms with Crippen molar-refractivity contribution in [3.8, 4) is 0 Å². The number of hydrogen-bond acceptors (Lipinski definition) is 3. The summed E-state index contributed by atoms with van der Waals surface area (Å²) in [5.74, 6) is 0.520. The second kappa shape index (κ2) is 4.26. The second-order valence-corrected chi connectivity index (χ2v) is 5.86. The van der Waals surface area contributed by atoms with Crippen molar-refractivity contribution >= 4 is 21.6 Å². The molecule has 2 N–H and O–H groups in total. The predicted molar refractivity (Wildman–Crippen MR) is 72.3 cm³/mol. The van der Waals surface area contributed by atoms with Crippen LogP contribution in [0.4, 0.5) is 5.69 Å². The van der Waals surface area contributed by atoms with Gasteiger partial charge < -0.3 is 15.3 Å². The lowest BCUT2D eigenvalue weighted by molar-refractivity contribution is 0.206. The molecule has 0 spiro atoms. The molecule has 2 aliphatic heterocycles. The molecular formula is C13H17BrN2O. The molecule has 1 aromatic rings. The number of rotatable bonds is 1. The third-order valence-electron chi connectivity index (χ3n) is 4.15. The minimum absolute atomic E-state index is 0.231. The van der Waals surface area contributed by atoms with Crippen molar-refractivity contribution in [2.24, 2.45) is 5.92 Å². The van der Waals surface area contributed by atoms with Crippen molar-refractivity contribution in [3.05, 3.63) is 28.2 Å². The molecule has 0 bridgehead atoms. The van der Waals surface area contributed by atoms with Crippen LogP contribution in [0.2, 0.25) is 0 Å². The van der Waals surface area contributed by atoms with E-state index in [1.807, 2.05) is 0 Å². The van der Waals surface area contributed by atoms with E-state index in [0.717, 1.165) is 17.4 Å². The van der Waals surface area contributed by atoms with Gasteiger partial charge >= 0.3 is 0 Å². The Balaban J connectivity index is 2.11. The third kappa shape index (κ3) is 1.70. The molecule has 1 saturated heterocycles. The van der Waals surface area contributed by atoms with Crippen LogP contribution in [0.25, 0.3) is 0 Å². The highest BCUT2D eigenvalue weighted by atomic mass is 79.9. The first-order valence-electron chi connectivity index (χ1n) is 6.09. The van der Waals surface area contributed by atoms with Crippen LogP contribution in [0.1, 0.15) is 18.0 Å². The molecule has 3 nitrogen and oxygen atoms in total.